The summed E-state index contributed by atoms with van der Waals surface area (Å²) >= 11 is 7.41. The van der Waals surface area contributed by atoms with Gasteiger partial charge in [-0.2, -0.15) is 0 Å². The van der Waals surface area contributed by atoms with E-state index in [0.717, 1.165) is 27.7 Å². The number of benzene rings is 3. The molecule has 3 aromatic carbocycles. The maximum atomic E-state index is 13.2. The first kappa shape index (κ1) is 23.1. The number of rotatable bonds is 7. The lowest BCUT2D eigenvalue weighted by atomic mass is 10.1. The summed E-state index contributed by atoms with van der Waals surface area (Å²) in [6.45, 7) is 1.86. The molecule has 5 rings (SSSR count). The van der Waals surface area contributed by atoms with Crippen molar-refractivity contribution in [1.29, 1.82) is 0 Å². The van der Waals surface area contributed by atoms with Gasteiger partial charge < -0.3 is 10.3 Å². The molecule has 0 fully saturated rings. The number of thioether (sulfide) groups is 1. The number of H-pyrrole nitrogens is 1. The van der Waals surface area contributed by atoms with Crippen LogP contribution >= 0.6 is 23.4 Å². The molecule has 0 aliphatic rings. The summed E-state index contributed by atoms with van der Waals surface area (Å²) < 4.78 is 15.1. The predicted molar refractivity (Wildman–Crippen MR) is 137 cm³/mol. The Morgan fingerprint density at radius 2 is 1.83 bits per heavy atom. The van der Waals surface area contributed by atoms with Gasteiger partial charge in [-0.1, -0.05) is 53.7 Å². The maximum absolute atomic E-state index is 13.2. The van der Waals surface area contributed by atoms with Gasteiger partial charge in [0.05, 0.1) is 11.8 Å². The standard InChI is InChI=1S/C26H21ClFN5OS/c1-16(17-6-10-19(28)11-7-17)30-24(34)15-35-26-32-31-25(33(26)20-12-8-18(27)9-13-20)22-14-29-23-5-3-2-4-21(22)23/h2-14,16,29H,15H2,1H3,(H,30,34). The highest BCUT2D eigenvalue weighted by molar-refractivity contribution is 7.99. The van der Waals surface area contributed by atoms with Crippen molar-refractivity contribution in [3.05, 3.63) is 95.4 Å². The van der Waals surface area contributed by atoms with Crippen molar-refractivity contribution in [3.63, 3.8) is 0 Å². The van der Waals surface area contributed by atoms with Crippen LogP contribution in [0.4, 0.5) is 4.39 Å². The SMILES string of the molecule is CC(NC(=O)CSc1nnc(-c2c[nH]c3ccccc23)n1-c1ccc(Cl)cc1)c1ccc(F)cc1. The van der Waals surface area contributed by atoms with E-state index in [0.29, 0.717) is 16.0 Å². The summed E-state index contributed by atoms with van der Waals surface area (Å²) in [6.07, 6.45) is 1.91. The van der Waals surface area contributed by atoms with Gasteiger partial charge in [0.25, 0.3) is 0 Å². The molecule has 1 atom stereocenters. The average Bonchev–Trinajstić information content (AvgIpc) is 3.47. The van der Waals surface area contributed by atoms with E-state index in [1.54, 1.807) is 24.3 Å². The number of hydrogen-bond acceptors (Lipinski definition) is 4. The molecule has 1 amide bonds. The number of amides is 1. The van der Waals surface area contributed by atoms with Crippen LogP contribution in [0.5, 0.6) is 0 Å². The molecule has 35 heavy (non-hydrogen) atoms. The minimum absolute atomic E-state index is 0.144. The van der Waals surface area contributed by atoms with Crippen molar-refractivity contribution in [3.8, 4) is 17.1 Å². The van der Waals surface area contributed by atoms with Crippen molar-refractivity contribution in [1.82, 2.24) is 25.1 Å². The first-order chi connectivity index (χ1) is 17.0. The van der Waals surface area contributed by atoms with Gasteiger partial charge in [0.2, 0.25) is 5.91 Å². The molecule has 5 aromatic rings. The molecular formula is C26H21ClFN5OS. The minimum Gasteiger partial charge on any atom is -0.360 e. The number of hydrogen-bond donors (Lipinski definition) is 2. The van der Waals surface area contributed by atoms with E-state index in [4.69, 9.17) is 11.6 Å². The van der Waals surface area contributed by atoms with Crippen molar-refractivity contribution >= 4 is 40.2 Å². The number of halogens is 2. The number of nitrogens with zero attached hydrogens (tertiary/aromatic N) is 3. The number of carbonyl (C=O) groups is 1. The Balaban J connectivity index is 1.41. The van der Waals surface area contributed by atoms with Crippen LogP contribution in [-0.4, -0.2) is 31.4 Å². The van der Waals surface area contributed by atoms with Crippen molar-refractivity contribution < 1.29 is 9.18 Å². The molecule has 2 heterocycles. The quantitative estimate of drug-likeness (QED) is 0.259. The maximum Gasteiger partial charge on any atom is 0.230 e. The van der Waals surface area contributed by atoms with Crippen LogP contribution in [0.15, 0.2) is 84.1 Å². The summed E-state index contributed by atoms with van der Waals surface area (Å²) in [4.78, 5) is 16.0. The van der Waals surface area contributed by atoms with Crippen molar-refractivity contribution in [2.24, 2.45) is 0 Å². The second-order valence-corrected chi connectivity index (χ2v) is 9.37. The second kappa shape index (κ2) is 9.93. The van der Waals surface area contributed by atoms with Crippen LogP contribution in [0.25, 0.3) is 28.0 Å². The van der Waals surface area contributed by atoms with Gasteiger partial charge in [0.1, 0.15) is 5.82 Å². The molecule has 0 aliphatic carbocycles. The largest absolute Gasteiger partial charge is 0.360 e. The predicted octanol–water partition coefficient (Wildman–Crippen LogP) is 6.18. The van der Waals surface area contributed by atoms with Crippen molar-refractivity contribution in [2.75, 3.05) is 5.75 Å². The highest BCUT2D eigenvalue weighted by Crippen LogP contribution is 2.32. The van der Waals surface area contributed by atoms with Crippen LogP contribution in [0, 0.1) is 5.82 Å². The van der Waals surface area contributed by atoms with E-state index in [2.05, 4.69) is 20.5 Å². The molecule has 0 radical (unpaired) electrons. The number of nitrogens with one attached hydrogen (secondary N) is 2. The first-order valence-corrected chi connectivity index (χ1v) is 12.3. The molecule has 9 heteroatoms. The third kappa shape index (κ3) is 4.94. The molecule has 2 N–H and O–H groups in total. The lowest BCUT2D eigenvalue weighted by molar-refractivity contribution is -0.119. The molecule has 1 unspecified atom stereocenters. The highest BCUT2D eigenvalue weighted by Gasteiger charge is 2.20. The molecule has 0 saturated heterocycles. The van der Waals surface area contributed by atoms with Crippen LogP contribution in [0.3, 0.4) is 0 Å². The normalized spacial score (nSPS) is 12.1. The zero-order valence-corrected chi connectivity index (χ0v) is 20.3. The highest BCUT2D eigenvalue weighted by atomic mass is 35.5. The van der Waals surface area contributed by atoms with E-state index in [9.17, 15) is 9.18 Å². The topological polar surface area (TPSA) is 75.6 Å². The molecular weight excluding hydrogens is 485 g/mol. The lowest BCUT2D eigenvalue weighted by Crippen LogP contribution is -2.28. The van der Waals surface area contributed by atoms with Crippen molar-refractivity contribution in [2.45, 2.75) is 18.1 Å². The van der Waals surface area contributed by atoms with Gasteiger partial charge in [-0.05, 0) is 55.0 Å². The van der Waals surface area contributed by atoms with Crippen LogP contribution in [0.2, 0.25) is 5.02 Å². The van der Waals surface area contributed by atoms with Crippen LogP contribution < -0.4 is 5.32 Å². The molecule has 176 valence electrons. The van der Waals surface area contributed by atoms with Gasteiger partial charge in [0, 0.05) is 33.4 Å². The van der Waals surface area contributed by atoms with Gasteiger partial charge in [-0.25, -0.2) is 4.39 Å². The number of fused-ring (bicyclic) bond motifs is 1. The van der Waals surface area contributed by atoms with Crippen LogP contribution in [0.1, 0.15) is 18.5 Å². The Morgan fingerprint density at radius 1 is 1.09 bits per heavy atom. The first-order valence-electron chi connectivity index (χ1n) is 10.9. The Hall–Kier alpha value is -3.62. The fourth-order valence-corrected chi connectivity index (χ4v) is 4.75. The number of carbonyl (C=O) groups excluding carboxylic acids is 1. The molecule has 0 aliphatic heterocycles. The Labute approximate surface area is 210 Å². The van der Waals surface area contributed by atoms with E-state index in [-0.39, 0.29) is 23.5 Å². The number of para-hydroxylation sites is 1. The van der Waals surface area contributed by atoms with E-state index < -0.39 is 0 Å². The zero-order chi connectivity index (χ0) is 24.4. The summed E-state index contributed by atoms with van der Waals surface area (Å²) in [6, 6.07) is 21.2. The summed E-state index contributed by atoms with van der Waals surface area (Å²) in [5.74, 6) is 0.333. The Kier molecular flexibility index (Phi) is 6.57. The van der Waals surface area contributed by atoms with E-state index in [1.165, 1.54) is 23.9 Å². The van der Waals surface area contributed by atoms with Crippen LogP contribution in [-0.2, 0) is 4.79 Å². The Morgan fingerprint density at radius 3 is 2.60 bits per heavy atom. The van der Waals surface area contributed by atoms with E-state index in [1.807, 2.05) is 54.1 Å². The molecule has 0 bridgehead atoms. The third-order valence-corrected chi connectivity index (χ3v) is 6.81. The molecule has 2 aromatic heterocycles. The number of aromatic amines is 1. The minimum atomic E-state index is -0.310. The average molecular weight is 506 g/mol. The molecule has 6 nitrogen and oxygen atoms in total. The Bertz CT molecular complexity index is 1480. The van der Waals surface area contributed by atoms with E-state index >= 15 is 0 Å². The smallest absolute Gasteiger partial charge is 0.230 e. The third-order valence-electron chi connectivity index (χ3n) is 5.63. The van der Waals surface area contributed by atoms with Gasteiger partial charge in [-0.3, -0.25) is 9.36 Å². The fourth-order valence-electron chi connectivity index (χ4n) is 3.87. The fraction of sp³-hybridized carbons (Fsp3) is 0.115. The van der Waals surface area contributed by atoms with Gasteiger partial charge in [-0.15, -0.1) is 10.2 Å². The summed E-state index contributed by atoms with van der Waals surface area (Å²) in [5.41, 5.74) is 3.57. The second-order valence-electron chi connectivity index (χ2n) is 8.00. The molecule has 0 saturated carbocycles. The zero-order valence-electron chi connectivity index (χ0n) is 18.7. The lowest BCUT2D eigenvalue weighted by Gasteiger charge is -2.14. The van der Waals surface area contributed by atoms with Gasteiger partial charge >= 0.3 is 0 Å². The monoisotopic (exact) mass is 505 g/mol. The van der Waals surface area contributed by atoms with Gasteiger partial charge in [0.15, 0.2) is 11.0 Å². The summed E-state index contributed by atoms with van der Waals surface area (Å²) in [5, 5.41) is 14.1. The number of aromatic nitrogens is 4. The molecule has 0 spiro atoms. The summed E-state index contributed by atoms with van der Waals surface area (Å²) in [7, 11) is 0.